The third kappa shape index (κ3) is 4.90. The summed E-state index contributed by atoms with van der Waals surface area (Å²) in [5.41, 5.74) is -0.776. The van der Waals surface area contributed by atoms with Crippen molar-refractivity contribution in [3.63, 3.8) is 0 Å². The summed E-state index contributed by atoms with van der Waals surface area (Å²) in [6.45, 7) is 0. The van der Waals surface area contributed by atoms with Gasteiger partial charge in [0.25, 0.3) is 0 Å². The fraction of sp³-hybridized carbons (Fsp3) is 0.103. The van der Waals surface area contributed by atoms with Crippen LogP contribution in [0.15, 0.2) is 88.0 Å². The second-order valence-corrected chi connectivity index (χ2v) is 10.2. The van der Waals surface area contributed by atoms with Gasteiger partial charge in [-0.1, -0.05) is 41.4 Å². The van der Waals surface area contributed by atoms with Gasteiger partial charge in [0, 0.05) is 40.8 Å². The molecule has 13 heteroatoms. The van der Waals surface area contributed by atoms with Gasteiger partial charge in [0.15, 0.2) is 23.1 Å². The van der Waals surface area contributed by atoms with Crippen molar-refractivity contribution in [2.45, 2.75) is 6.18 Å². The van der Waals surface area contributed by atoms with Crippen molar-refractivity contribution in [3.8, 4) is 17.1 Å². The Morgan fingerprint density at radius 1 is 1.02 bits per heavy atom. The van der Waals surface area contributed by atoms with Crippen LogP contribution in [-0.2, 0) is 4.79 Å². The molecule has 0 saturated heterocycles. The fourth-order valence-electron chi connectivity index (χ4n) is 4.59. The summed E-state index contributed by atoms with van der Waals surface area (Å²) in [5, 5.41) is 5.46. The summed E-state index contributed by atoms with van der Waals surface area (Å²) in [7, 11) is 3.65. The van der Waals surface area contributed by atoms with E-state index in [-0.39, 0.29) is 32.9 Å². The zero-order valence-corrected chi connectivity index (χ0v) is 23.3. The number of carbonyl (C=O) groups is 1. The van der Waals surface area contributed by atoms with Crippen LogP contribution in [-0.4, -0.2) is 46.8 Å². The first-order valence-corrected chi connectivity index (χ1v) is 13.1. The first kappa shape index (κ1) is 27.6. The van der Waals surface area contributed by atoms with Crippen molar-refractivity contribution in [1.29, 1.82) is 0 Å². The monoisotopic (exact) mass is 611 g/mol. The molecule has 212 valence electrons. The summed E-state index contributed by atoms with van der Waals surface area (Å²) in [6, 6.07) is 17.1. The minimum Gasteiger partial charge on any atom is -0.462 e. The number of rotatable bonds is 5. The lowest BCUT2D eigenvalue weighted by Gasteiger charge is -2.14. The van der Waals surface area contributed by atoms with Crippen molar-refractivity contribution >= 4 is 62.9 Å². The minimum atomic E-state index is -5.04. The number of aliphatic imine (C=N–C) groups is 1. The van der Waals surface area contributed by atoms with E-state index in [1.807, 2.05) is 19.0 Å². The standard InChI is InChI=1S/C29H18Cl2F3N5O3/c1-38(2)21-9-8-20(24-19(21)10-11-41-24)35-27-23(29(32,33)34)22(28(40)42-18-6-4-3-5-7-18)26-36-25(37-39(26)27)15-12-16(30)14-17(31)13-15/h3-14H,1-2H3/b35-27+. The number of fused-ring (bicyclic) bond motifs is 2. The number of nitrogens with zero attached hydrogens (tertiary/aromatic N) is 5. The quantitative estimate of drug-likeness (QED) is 0.150. The number of para-hydroxylation sites is 1. The van der Waals surface area contributed by atoms with Gasteiger partial charge in [0.05, 0.1) is 6.26 Å². The predicted molar refractivity (Wildman–Crippen MR) is 154 cm³/mol. The largest absolute Gasteiger partial charge is 0.462 e. The maximum Gasteiger partial charge on any atom is 0.421 e. The number of benzene rings is 3. The van der Waals surface area contributed by atoms with Gasteiger partial charge in [-0.2, -0.15) is 17.9 Å². The van der Waals surface area contributed by atoms with E-state index in [0.717, 1.165) is 10.4 Å². The third-order valence-electron chi connectivity index (χ3n) is 6.35. The lowest BCUT2D eigenvalue weighted by Crippen LogP contribution is -2.24. The van der Waals surface area contributed by atoms with E-state index in [4.69, 9.17) is 32.4 Å². The molecule has 0 bridgehead atoms. The molecule has 0 fully saturated rings. The van der Waals surface area contributed by atoms with Gasteiger partial charge in [-0.15, -0.1) is 5.10 Å². The summed E-state index contributed by atoms with van der Waals surface area (Å²) in [5.74, 6) is -2.35. The predicted octanol–water partition coefficient (Wildman–Crippen LogP) is 7.58. The molecule has 5 aromatic rings. The Kier molecular flexibility index (Phi) is 6.78. The van der Waals surface area contributed by atoms with Crippen molar-refractivity contribution in [2.75, 3.05) is 19.0 Å². The number of furan rings is 1. The van der Waals surface area contributed by atoms with E-state index in [1.54, 1.807) is 30.3 Å². The van der Waals surface area contributed by atoms with Gasteiger partial charge in [-0.05, 0) is 48.5 Å². The average molecular weight is 612 g/mol. The molecule has 42 heavy (non-hydrogen) atoms. The zero-order valence-electron chi connectivity index (χ0n) is 21.8. The van der Waals surface area contributed by atoms with Crippen LogP contribution < -0.4 is 9.64 Å². The van der Waals surface area contributed by atoms with Gasteiger partial charge in [0.1, 0.15) is 22.6 Å². The smallest absolute Gasteiger partial charge is 0.421 e. The fourth-order valence-corrected chi connectivity index (χ4v) is 5.12. The molecule has 0 aliphatic carbocycles. The van der Waals surface area contributed by atoms with Crippen LogP contribution in [0.2, 0.25) is 10.0 Å². The van der Waals surface area contributed by atoms with Crippen LogP contribution >= 0.6 is 23.2 Å². The van der Waals surface area contributed by atoms with Crippen LogP contribution in [0.5, 0.6) is 5.75 Å². The normalized spacial score (nSPS) is 14.1. The van der Waals surface area contributed by atoms with E-state index in [9.17, 15) is 18.0 Å². The summed E-state index contributed by atoms with van der Waals surface area (Å²) < 4.78 is 56.1. The highest BCUT2D eigenvalue weighted by Gasteiger charge is 2.50. The molecule has 0 amide bonds. The number of aromatic nitrogens is 3. The molecule has 1 aliphatic heterocycles. The van der Waals surface area contributed by atoms with Crippen LogP contribution in [0.25, 0.3) is 27.9 Å². The van der Waals surface area contributed by atoms with Gasteiger partial charge >= 0.3 is 12.1 Å². The van der Waals surface area contributed by atoms with Crippen LogP contribution in [0.4, 0.5) is 24.5 Å². The van der Waals surface area contributed by atoms with E-state index in [2.05, 4.69) is 15.1 Å². The molecule has 0 saturated carbocycles. The number of hydrogen-bond acceptors (Lipinski definition) is 7. The maximum absolute atomic E-state index is 14.8. The first-order chi connectivity index (χ1) is 20.0. The Labute approximate surface area is 246 Å². The Balaban J connectivity index is 1.60. The second kappa shape index (κ2) is 10.3. The highest BCUT2D eigenvalue weighted by atomic mass is 35.5. The lowest BCUT2D eigenvalue weighted by atomic mass is 10.1. The molecular weight excluding hydrogens is 594 g/mol. The highest BCUT2D eigenvalue weighted by Crippen LogP contribution is 2.42. The number of anilines is 1. The Hall–Kier alpha value is -4.61. The third-order valence-corrected chi connectivity index (χ3v) is 6.78. The molecule has 1 aliphatic rings. The molecule has 8 nitrogen and oxygen atoms in total. The van der Waals surface area contributed by atoms with Gasteiger partial charge < -0.3 is 14.1 Å². The van der Waals surface area contributed by atoms with Crippen LogP contribution in [0, 0.1) is 0 Å². The molecule has 3 aromatic carbocycles. The van der Waals surface area contributed by atoms with Crippen molar-refractivity contribution in [3.05, 3.63) is 94.4 Å². The molecule has 0 unspecified atom stereocenters. The average Bonchev–Trinajstić information content (AvgIpc) is 3.64. The number of alkyl halides is 3. The molecule has 0 N–H and O–H groups in total. The molecule has 0 radical (unpaired) electrons. The number of allylic oxidation sites excluding steroid dienone is 1. The molecule has 2 aromatic heterocycles. The van der Waals surface area contributed by atoms with Crippen LogP contribution in [0.1, 0.15) is 5.82 Å². The summed E-state index contributed by atoms with van der Waals surface area (Å²) >= 11 is 12.3. The number of ether oxygens (including phenoxy) is 1. The topological polar surface area (TPSA) is 85.8 Å². The van der Waals surface area contributed by atoms with E-state index in [0.29, 0.717) is 10.9 Å². The highest BCUT2D eigenvalue weighted by molar-refractivity contribution is 6.35. The number of hydrogen-bond donors (Lipinski definition) is 0. The lowest BCUT2D eigenvalue weighted by molar-refractivity contribution is -0.128. The van der Waals surface area contributed by atoms with E-state index < -0.39 is 35.0 Å². The maximum atomic E-state index is 14.8. The summed E-state index contributed by atoms with van der Waals surface area (Å²) in [4.78, 5) is 23.9. The summed E-state index contributed by atoms with van der Waals surface area (Å²) in [6.07, 6.45) is -3.63. The number of carbonyl (C=O) groups excluding carboxylic acids is 1. The Bertz CT molecular complexity index is 1910. The first-order valence-electron chi connectivity index (χ1n) is 12.3. The van der Waals surface area contributed by atoms with E-state index >= 15 is 0 Å². The van der Waals surface area contributed by atoms with Crippen molar-refractivity contribution in [2.24, 2.45) is 4.99 Å². The number of esters is 1. The minimum absolute atomic E-state index is 0.0283. The second-order valence-electron chi connectivity index (χ2n) is 9.38. The number of halogens is 5. The van der Waals surface area contributed by atoms with Crippen molar-refractivity contribution in [1.82, 2.24) is 14.8 Å². The SMILES string of the molecule is CN(C)c1ccc(/N=C2\C(C(F)(F)F)=C(C(=O)Oc3ccccc3)c3nc(-c4cc(Cl)cc(Cl)c4)nn32)c2occc12. The zero-order chi connectivity index (χ0) is 29.8. The van der Waals surface area contributed by atoms with Gasteiger partial charge in [-0.3, -0.25) is 0 Å². The molecule has 3 heterocycles. The van der Waals surface area contributed by atoms with Crippen molar-refractivity contribution < 1.29 is 27.1 Å². The van der Waals surface area contributed by atoms with Gasteiger partial charge in [0.2, 0.25) is 0 Å². The molecule has 0 spiro atoms. The molecule has 0 atom stereocenters. The van der Waals surface area contributed by atoms with Crippen LogP contribution in [0.3, 0.4) is 0 Å². The Morgan fingerprint density at radius 2 is 1.74 bits per heavy atom. The van der Waals surface area contributed by atoms with E-state index in [1.165, 1.54) is 42.7 Å². The molecule has 6 rings (SSSR count). The van der Waals surface area contributed by atoms with Gasteiger partial charge in [-0.25, -0.2) is 14.8 Å². The molecular formula is C29H18Cl2F3N5O3. The Morgan fingerprint density at radius 3 is 2.40 bits per heavy atom.